The van der Waals surface area contributed by atoms with Crippen molar-refractivity contribution in [2.75, 3.05) is 6.54 Å². The van der Waals surface area contributed by atoms with Gasteiger partial charge < -0.3 is 10.8 Å². The lowest BCUT2D eigenvalue weighted by Gasteiger charge is -2.36. The first-order valence-corrected chi connectivity index (χ1v) is 5.19. The molecule has 2 atom stereocenters. The third-order valence-corrected chi connectivity index (χ3v) is 3.32. The van der Waals surface area contributed by atoms with Crippen molar-refractivity contribution < 1.29 is 5.11 Å². The van der Waals surface area contributed by atoms with Crippen LogP contribution < -0.4 is 5.73 Å². The summed E-state index contributed by atoms with van der Waals surface area (Å²) in [6.45, 7) is 2.52. The lowest BCUT2D eigenvalue weighted by molar-refractivity contribution is 0.0247. The molecule has 2 heteroatoms. The summed E-state index contributed by atoms with van der Waals surface area (Å²) in [5.74, 6) is 0.540. The van der Waals surface area contributed by atoms with Gasteiger partial charge in [0.15, 0.2) is 0 Å². The quantitative estimate of drug-likeness (QED) is 0.710. The van der Waals surface area contributed by atoms with Crippen molar-refractivity contribution in [1.29, 1.82) is 0 Å². The van der Waals surface area contributed by atoms with Crippen LogP contribution in [-0.4, -0.2) is 11.7 Å². The first-order valence-electron chi connectivity index (χ1n) is 5.19. The number of rotatable bonds is 1. The molecule has 76 valence electrons. The lowest BCUT2D eigenvalue weighted by atomic mass is 9.74. The van der Waals surface area contributed by atoms with Gasteiger partial charge in [0, 0.05) is 6.54 Å². The predicted octanol–water partition coefficient (Wildman–Crippen LogP) is 1.73. The van der Waals surface area contributed by atoms with Crippen molar-refractivity contribution in [2.24, 2.45) is 5.73 Å². The van der Waals surface area contributed by atoms with E-state index in [9.17, 15) is 5.11 Å². The summed E-state index contributed by atoms with van der Waals surface area (Å²) in [4.78, 5) is 0. The van der Waals surface area contributed by atoms with Gasteiger partial charge in [-0.2, -0.15) is 0 Å². The second kappa shape index (κ2) is 3.37. The van der Waals surface area contributed by atoms with Crippen molar-refractivity contribution >= 4 is 0 Å². The van der Waals surface area contributed by atoms with Gasteiger partial charge in [0.1, 0.15) is 5.60 Å². The summed E-state index contributed by atoms with van der Waals surface area (Å²) in [5.41, 5.74) is 7.14. The molecular weight excluding hydrogens is 174 g/mol. The highest BCUT2D eigenvalue weighted by molar-refractivity contribution is 5.37. The molecule has 2 unspecified atom stereocenters. The Morgan fingerprint density at radius 1 is 1.50 bits per heavy atom. The van der Waals surface area contributed by atoms with E-state index >= 15 is 0 Å². The van der Waals surface area contributed by atoms with Crippen LogP contribution in [0.4, 0.5) is 0 Å². The van der Waals surface area contributed by atoms with Crippen LogP contribution in [0.3, 0.4) is 0 Å². The minimum absolute atomic E-state index is 0.316. The van der Waals surface area contributed by atoms with Gasteiger partial charge in [-0.15, -0.1) is 0 Å². The summed E-state index contributed by atoms with van der Waals surface area (Å²) in [6, 6.07) is 8.09. The van der Waals surface area contributed by atoms with Gasteiger partial charge in [-0.05, 0) is 29.9 Å². The molecule has 0 saturated carbocycles. The van der Waals surface area contributed by atoms with E-state index in [0.717, 1.165) is 18.4 Å². The first kappa shape index (κ1) is 9.69. The van der Waals surface area contributed by atoms with E-state index in [2.05, 4.69) is 13.0 Å². The summed E-state index contributed by atoms with van der Waals surface area (Å²) in [5, 5.41) is 10.3. The Kier molecular flexibility index (Phi) is 2.33. The molecular formula is C12H17NO. The Hall–Kier alpha value is -0.860. The summed E-state index contributed by atoms with van der Waals surface area (Å²) in [7, 11) is 0. The van der Waals surface area contributed by atoms with Crippen LogP contribution >= 0.6 is 0 Å². The Bertz CT molecular complexity index is 337. The Morgan fingerprint density at radius 2 is 2.21 bits per heavy atom. The average molecular weight is 191 g/mol. The van der Waals surface area contributed by atoms with E-state index in [4.69, 9.17) is 5.73 Å². The molecule has 0 fully saturated rings. The number of aliphatic hydroxyl groups is 1. The summed E-state index contributed by atoms with van der Waals surface area (Å²) < 4.78 is 0. The molecule has 3 N–H and O–H groups in total. The maximum absolute atomic E-state index is 10.3. The first-order chi connectivity index (χ1) is 6.67. The largest absolute Gasteiger partial charge is 0.384 e. The molecule has 1 aliphatic rings. The van der Waals surface area contributed by atoms with Crippen molar-refractivity contribution in [2.45, 2.75) is 31.3 Å². The summed E-state index contributed by atoms with van der Waals surface area (Å²) >= 11 is 0. The highest BCUT2D eigenvalue weighted by Crippen LogP contribution is 2.40. The van der Waals surface area contributed by atoms with Gasteiger partial charge in [0.05, 0.1) is 0 Å². The number of nitrogens with two attached hydrogens (primary N) is 1. The molecule has 1 aromatic carbocycles. The van der Waals surface area contributed by atoms with Crippen molar-refractivity contribution in [3.8, 4) is 0 Å². The highest BCUT2D eigenvalue weighted by atomic mass is 16.3. The van der Waals surface area contributed by atoms with E-state index in [-0.39, 0.29) is 0 Å². The van der Waals surface area contributed by atoms with E-state index in [1.807, 2.05) is 18.2 Å². The Morgan fingerprint density at radius 3 is 2.93 bits per heavy atom. The third-order valence-electron chi connectivity index (χ3n) is 3.32. The van der Waals surface area contributed by atoms with Gasteiger partial charge in [-0.3, -0.25) is 0 Å². The molecule has 2 rings (SSSR count). The molecule has 1 aromatic rings. The maximum atomic E-state index is 10.3. The van der Waals surface area contributed by atoms with Gasteiger partial charge in [0.2, 0.25) is 0 Å². The van der Waals surface area contributed by atoms with Gasteiger partial charge in [0.25, 0.3) is 0 Å². The summed E-state index contributed by atoms with van der Waals surface area (Å²) in [6.07, 6.45) is 1.80. The fourth-order valence-electron chi connectivity index (χ4n) is 2.31. The predicted molar refractivity (Wildman–Crippen MR) is 57.0 cm³/mol. The zero-order valence-corrected chi connectivity index (χ0v) is 8.53. The molecule has 0 amide bonds. The second-order valence-electron chi connectivity index (χ2n) is 4.26. The molecule has 1 aliphatic carbocycles. The van der Waals surface area contributed by atoms with Crippen LogP contribution in [-0.2, 0) is 5.60 Å². The van der Waals surface area contributed by atoms with Crippen LogP contribution in [0.1, 0.15) is 36.8 Å². The minimum atomic E-state index is -0.789. The van der Waals surface area contributed by atoms with E-state index in [1.54, 1.807) is 0 Å². The molecule has 0 aliphatic heterocycles. The second-order valence-corrected chi connectivity index (χ2v) is 4.26. The average Bonchev–Trinajstić information content (AvgIpc) is 2.24. The molecule has 0 heterocycles. The van der Waals surface area contributed by atoms with Crippen LogP contribution in [0, 0.1) is 0 Å². The SMILES string of the molecule is CC1CCC(O)(CN)c2ccccc21. The van der Waals surface area contributed by atoms with Crippen LogP contribution in [0.25, 0.3) is 0 Å². The van der Waals surface area contributed by atoms with Crippen molar-refractivity contribution in [3.05, 3.63) is 35.4 Å². The molecule has 0 radical (unpaired) electrons. The van der Waals surface area contributed by atoms with Crippen LogP contribution in [0.5, 0.6) is 0 Å². The zero-order chi connectivity index (χ0) is 10.2. The third kappa shape index (κ3) is 1.35. The minimum Gasteiger partial charge on any atom is -0.384 e. The standard InChI is InChI=1S/C12H17NO/c1-9-6-7-12(14,8-13)11-5-3-2-4-10(9)11/h2-5,9,14H,6-8,13H2,1H3. The topological polar surface area (TPSA) is 46.2 Å². The maximum Gasteiger partial charge on any atom is 0.102 e. The van der Waals surface area contributed by atoms with Gasteiger partial charge in [-0.25, -0.2) is 0 Å². The number of hydrogen-bond acceptors (Lipinski definition) is 2. The normalized spacial score (nSPS) is 31.2. The zero-order valence-electron chi connectivity index (χ0n) is 8.53. The molecule has 2 nitrogen and oxygen atoms in total. The molecule has 0 spiro atoms. The van der Waals surface area contributed by atoms with E-state index in [0.29, 0.717) is 12.5 Å². The highest BCUT2D eigenvalue weighted by Gasteiger charge is 2.35. The number of fused-ring (bicyclic) bond motifs is 1. The molecule has 0 aromatic heterocycles. The van der Waals surface area contributed by atoms with E-state index in [1.165, 1.54) is 5.56 Å². The number of hydrogen-bond donors (Lipinski definition) is 2. The van der Waals surface area contributed by atoms with Gasteiger partial charge in [-0.1, -0.05) is 31.2 Å². The van der Waals surface area contributed by atoms with Gasteiger partial charge >= 0.3 is 0 Å². The van der Waals surface area contributed by atoms with Crippen LogP contribution in [0.15, 0.2) is 24.3 Å². The smallest absolute Gasteiger partial charge is 0.102 e. The van der Waals surface area contributed by atoms with Crippen molar-refractivity contribution in [3.63, 3.8) is 0 Å². The molecule has 14 heavy (non-hydrogen) atoms. The number of benzene rings is 1. The lowest BCUT2D eigenvalue weighted by Crippen LogP contribution is -2.38. The van der Waals surface area contributed by atoms with E-state index < -0.39 is 5.60 Å². The van der Waals surface area contributed by atoms with Crippen molar-refractivity contribution in [1.82, 2.24) is 0 Å². The molecule has 0 saturated heterocycles. The Balaban J connectivity index is 2.52. The fraction of sp³-hybridized carbons (Fsp3) is 0.500. The van der Waals surface area contributed by atoms with Crippen LogP contribution in [0.2, 0.25) is 0 Å². The monoisotopic (exact) mass is 191 g/mol. The Labute approximate surface area is 84.7 Å². The fourth-order valence-corrected chi connectivity index (χ4v) is 2.31. The molecule has 0 bridgehead atoms.